The summed E-state index contributed by atoms with van der Waals surface area (Å²) in [4.78, 5) is 15.7. The van der Waals surface area contributed by atoms with Crippen LogP contribution in [0, 0.1) is 20.3 Å². The molecule has 5 heteroatoms. The van der Waals surface area contributed by atoms with Crippen LogP contribution in [0.25, 0.3) is 0 Å². The summed E-state index contributed by atoms with van der Waals surface area (Å²) < 4.78 is 2.27. The van der Waals surface area contributed by atoms with Gasteiger partial charge in [-0.2, -0.15) is 5.26 Å². The fourth-order valence-corrected chi connectivity index (χ4v) is 1.96. The third-order valence-corrected chi connectivity index (χ3v) is 3.35. The third kappa shape index (κ3) is 4.46. The van der Waals surface area contributed by atoms with Crippen molar-refractivity contribution < 1.29 is 0 Å². The van der Waals surface area contributed by atoms with Gasteiger partial charge in [-0.25, -0.2) is 4.98 Å². The molecule has 0 fully saturated rings. The Bertz CT molecular complexity index is 473. The van der Waals surface area contributed by atoms with Crippen LogP contribution in [0.2, 0.25) is 0 Å². The number of halogens is 1. The molecule has 1 heterocycles. The van der Waals surface area contributed by atoms with Crippen LogP contribution < -0.4 is 5.56 Å². The second kappa shape index (κ2) is 6.15. The molecule has 0 aliphatic carbocycles. The first-order chi connectivity index (χ1) is 7.96. The summed E-state index contributed by atoms with van der Waals surface area (Å²) >= 11 is 1.99. The van der Waals surface area contributed by atoms with Crippen molar-refractivity contribution in [3.8, 4) is 6.07 Å². The van der Waals surface area contributed by atoms with Gasteiger partial charge in [0.15, 0.2) is 0 Å². The summed E-state index contributed by atoms with van der Waals surface area (Å²) in [5.41, 5.74) is -0.255. The molecule has 0 saturated heterocycles. The Labute approximate surface area is 115 Å². The van der Waals surface area contributed by atoms with Gasteiger partial charge in [-0.05, 0) is 49.3 Å². The normalized spacial score (nSPS) is 11.2. The van der Waals surface area contributed by atoms with E-state index in [1.807, 2.05) is 36.4 Å². The van der Waals surface area contributed by atoms with Gasteiger partial charge < -0.3 is 0 Å². The van der Waals surface area contributed by atoms with Gasteiger partial charge in [0.2, 0.25) is 0 Å². The second-order valence-electron chi connectivity index (χ2n) is 4.69. The van der Waals surface area contributed by atoms with Gasteiger partial charge in [-0.1, -0.05) is 6.42 Å². The molecule has 1 aromatic heterocycles. The lowest BCUT2D eigenvalue weighted by atomic mass is 9.89. The highest BCUT2D eigenvalue weighted by atomic mass is 127. The predicted octanol–water partition coefficient (Wildman–Crippen LogP) is 2.57. The maximum Gasteiger partial charge on any atom is 0.266 e. The van der Waals surface area contributed by atoms with Crippen LogP contribution in [-0.2, 0) is 6.54 Å². The first-order valence-electron chi connectivity index (χ1n) is 5.57. The molecule has 0 aromatic carbocycles. The molecule has 0 N–H and O–H groups in total. The van der Waals surface area contributed by atoms with Crippen molar-refractivity contribution in [1.29, 1.82) is 5.26 Å². The van der Waals surface area contributed by atoms with Crippen molar-refractivity contribution >= 4 is 22.6 Å². The maximum atomic E-state index is 11.7. The number of hydrogen-bond acceptors (Lipinski definition) is 3. The van der Waals surface area contributed by atoms with Crippen molar-refractivity contribution in [2.45, 2.75) is 39.7 Å². The van der Waals surface area contributed by atoms with Gasteiger partial charge in [-0.3, -0.25) is 9.36 Å². The fraction of sp³-hybridized carbons (Fsp3) is 0.583. The minimum absolute atomic E-state index is 0.0140. The summed E-state index contributed by atoms with van der Waals surface area (Å²) in [6.45, 7) is 4.54. The van der Waals surface area contributed by atoms with Crippen LogP contribution in [0.15, 0.2) is 17.3 Å². The largest absolute Gasteiger partial charge is 0.298 e. The molecule has 0 atom stereocenters. The van der Waals surface area contributed by atoms with Crippen molar-refractivity contribution in [3.63, 3.8) is 0 Å². The Morgan fingerprint density at radius 2 is 2.24 bits per heavy atom. The van der Waals surface area contributed by atoms with E-state index in [4.69, 9.17) is 5.26 Å². The number of hydrogen-bond donors (Lipinski definition) is 0. The number of nitriles is 1. The highest BCUT2D eigenvalue weighted by Gasteiger charge is 2.15. The molecule has 0 aliphatic heterocycles. The molecule has 0 bridgehead atoms. The molecule has 0 saturated carbocycles. The van der Waals surface area contributed by atoms with Crippen LogP contribution in [-0.4, -0.2) is 9.55 Å². The molecule has 0 amide bonds. The quantitative estimate of drug-likeness (QED) is 0.609. The van der Waals surface area contributed by atoms with E-state index in [0.717, 1.165) is 19.3 Å². The summed E-state index contributed by atoms with van der Waals surface area (Å²) in [5, 5.41) is 8.87. The molecule has 1 aromatic rings. The summed E-state index contributed by atoms with van der Waals surface area (Å²) in [5.74, 6) is 0. The molecule has 4 nitrogen and oxygen atoms in total. The van der Waals surface area contributed by atoms with Crippen molar-refractivity contribution in [3.05, 3.63) is 26.4 Å². The molecule has 1 rings (SSSR count). The molecule has 92 valence electrons. The number of aryl methyl sites for hydroxylation is 1. The molecule has 0 aliphatic rings. The summed E-state index contributed by atoms with van der Waals surface area (Å²) in [6, 6.07) is 2.28. The Morgan fingerprint density at radius 3 is 2.88 bits per heavy atom. The molecule has 0 spiro atoms. The highest BCUT2D eigenvalue weighted by Crippen LogP contribution is 2.21. The van der Waals surface area contributed by atoms with Crippen LogP contribution in [0.5, 0.6) is 0 Å². The van der Waals surface area contributed by atoms with Gasteiger partial charge >= 0.3 is 0 Å². The third-order valence-electron chi connectivity index (χ3n) is 2.61. The predicted molar refractivity (Wildman–Crippen MR) is 74.5 cm³/mol. The monoisotopic (exact) mass is 345 g/mol. The molecular formula is C12H16IN3O. The van der Waals surface area contributed by atoms with E-state index >= 15 is 0 Å². The van der Waals surface area contributed by atoms with E-state index in [0.29, 0.717) is 10.1 Å². The maximum absolute atomic E-state index is 11.7. The lowest BCUT2D eigenvalue weighted by Gasteiger charge is -2.14. The van der Waals surface area contributed by atoms with Crippen LogP contribution in [0.3, 0.4) is 0 Å². The average molecular weight is 345 g/mol. The smallest absolute Gasteiger partial charge is 0.266 e. The summed E-state index contributed by atoms with van der Waals surface area (Å²) in [7, 11) is 0. The van der Waals surface area contributed by atoms with Crippen molar-refractivity contribution in [2.24, 2.45) is 5.41 Å². The zero-order valence-corrected chi connectivity index (χ0v) is 12.3. The van der Waals surface area contributed by atoms with Gasteiger partial charge in [0.1, 0.15) is 0 Å². The van der Waals surface area contributed by atoms with E-state index < -0.39 is 0 Å². The number of unbranched alkanes of at least 4 members (excludes halogenated alkanes) is 1. The average Bonchev–Trinajstić information content (AvgIpc) is 2.30. The van der Waals surface area contributed by atoms with Crippen LogP contribution in [0.1, 0.15) is 33.1 Å². The van der Waals surface area contributed by atoms with Gasteiger partial charge in [0.25, 0.3) is 5.56 Å². The molecule has 17 heavy (non-hydrogen) atoms. The Hall–Kier alpha value is -0.900. The fourth-order valence-electron chi connectivity index (χ4n) is 1.49. The number of rotatable bonds is 5. The van der Waals surface area contributed by atoms with Crippen molar-refractivity contribution in [1.82, 2.24) is 9.55 Å². The number of nitrogens with zero attached hydrogens (tertiary/aromatic N) is 3. The van der Waals surface area contributed by atoms with Crippen LogP contribution in [0.4, 0.5) is 0 Å². The van der Waals surface area contributed by atoms with Gasteiger partial charge in [-0.15, -0.1) is 0 Å². The van der Waals surface area contributed by atoms with E-state index in [2.05, 4.69) is 11.1 Å². The zero-order valence-electron chi connectivity index (χ0n) is 10.1. The van der Waals surface area contributed by atoms with E-state index in [-0.39, 0.29) is 11.0 Å². The Kier molecular flexibility index (Phi) is 5.12. The molecule has 0 radical (unpaired) electrons. The molecule has 0 unspecified atom stereocenters. The standard InChI is InChI=1S/C12H16IN3O/c1-12(2,8-14)5-3-4-6-16-9-15-7-10(13)11(16)17/h7,9H,3-6H2,1-2H3. The van der Waals surface area contributed by atoms with E-state index in [1.165, 1.54) is 0 Å². The minimum atomic E-state index is -0.270. The van der Waals surface area contributed by atoms with Crippen LogP contribution >= 0.6 is 22.6 Å². The molecular weight excluding hydrogens is 329 g/mol. The first-order valence-corrected chi connectivity index (χ1v) is 6.65. The van der Waals surface area contributed by atoms with Gasteiger partial charge in [0.05, 0.1) is 21.4 Å². The number of aromatic nitrogens is 2. The lowest BCUT2D eigenvalue weighted by Crippen LogP contribution is -2.22. The Balaban J connectivity index is 2.45. The Morgan fingerprint density at radius 1 is 1.53 bits per heavy atom. The van der Waals surface area contributed by atoms with Gasteiger partial charge in [0, 0.05) is 12.7 Å². The summed E-state index contributed by atoms with van der Waals surface area (Å²) in [6.07, 6.45) is 5.83. The topological polar surface area (TPSA) is 58.7 Å². The SMILES string of the molecule is CC(C)(C#N)CCCCn1cncc(I)c1=O. The second-order valence-corrected chi connectivity index (χ2v) is 5.86. The van der Waals surface area contributed by atoms with E-state index in [9.17, 15) is 4.79 Å². The zero-order chi connectivity index (χ0) is 12.9. The van der Waals surface area contributed by atoms with E-state index in [1.54, 1.807) is 17.1 Å². The first kappa shape index (κ1) is 14.2. The minimum Gasteiger partial charge on any atom is -0.298 e. The lowest BCUT2D eigenvalue weighted by molar-refractivity contribution is 0.415. The highest BCUT2D eigenvalue weighted by molar-refractivity contribution is 14.1. The van der Waals surface area contributed by atoms with Crippen molar-refractivity contribution in [2.75, 3.05) is 0 Å².